The van der Waals surface area contributed by atoms with Crippen molar-refractivity contribution in [2.45, 2.75) is 32.7 Å². The van der Waals surface area contributed by atoms with Crippen LogP contribution in [0.15, 0.2) is 23.7 Å². The van der Waals surface area contributed by atoms with Gasteiger partial charge in [0.2, 0.25) is 0 Å². The molecule has 2 aromatic rings. The van der Waals surface area contributed by atoms with Crippen LogP contribution in [0.3, 0.4) is 0 Å². The maximum absolute atomic E-state index is 12.2. The fourth-order valence-corrected chi connectivity index (χ4v) is 3.99. The molecule has 0 aromatic carbocycles. The minimum Gasteiger partial charge on any atom is -0.370 e. The predicted octanol–water partition coefficient (Wildman–Crippen LogP) is 2.78. The maximum atomic E-state index is 12.2. The molecule has 0 bridgehead atoms. The van der Waals surface area contributed by atoms with Crippen LogP contribution in [0.2, 0.25) is 0 Å². The number of amides is 1. The first-order valence-corrected chi connectivity index (χ1v) is 10.1. The lowest BCUT2D eigenvalue weighted by molar-refractivity contribution is 0.0950. The van der Waals surface area contributed by atoms with E-state index in [1.54, 1.807) is 17.5 Å². The minimum absolute atomic E-state index is 0.119. The molecule has 0 aliphatic carbocycles. The van der Waals surface area contributed by atoms with Gasteiger partial charge in [-0.15, -0.1) is 11.3 Å². The number of hydrogen-bond acceptors (Lipinski definition) is 6. The molecule has 1 aliphatic heterocycles. The molecule has 7 heteroatoms. The molecular weight excluding hydrogens is 346 g/mol. The second kappa shape index (κ2) is 9.09. The van der Waals surface area contributed by atoms with Gasteiger partial charge in [-0.1, -0.05) is 6.92 Å². The van der Waals surface area contributed by atoms with Gasteiger partial charge in [0.1, 0.15) is 10.8 Å². The van der Waals surface area contributed by atoms with Crippen molar-refractivity contribution in [3.05, 3.63) is 40.0 Å². The predicted molar refractivity (Wildman–Crippen MR) is 106 cm³/mol. The Labute approximate surface area is 159 Å². The van der Waals surface area contributed by atoms with Crippen molar-refractivity contribution in [1.29, 1.82) is 0 Å². The Hall–Kier alpha value is -1.99. The standard InChI is InChI=1S/C19H27N5OS/c1-3-16-13-26-18(23-16)11-22-19(25)15-6-7-17(21-10-15)20-9-14-5-4-8-24(2)12-14/h6-7,10,13-14H,3-5,8-9,11-12H2,1-2H3,(H,20,21)(H,22,25). The zero-order valence-electron chi connectivity index (χ0n) is 15.5. The summed E-state index contributed by atoms with van der Waals surface area (Å²) in [5.41, 5.74) is 1.64. The van der Waals surface area contributed by atoms with Crippen LogP contribution < -0.4 is 10.6 Å². The van der Waals surface area contributed by atoms with Crippen LogP contribution in [0.1, 0.15) is 40.8 Å². The highest BCUT2D eigenvalue weighted by atomic mass is 32.1. The second-order valence-corrected chi connectivity index (χ2v) is 7.79. The molecule has 1 atom stereocenters. The fraction of sp³-hybridized carbons (Fsp3) is 0.526. The maximum Gasteiger partial charge on any atom is 0.253 e. The summed E-state index contributed by atoms with van der Waals surface area (Å²) >= 11 is 1.58. The van der Waals surface area contributed by atoms with Crippen LogP contribution in [0, 0.1) is 5.92 Å². The number of nitrogens with zero attached hydrogens (tertiary/aromatic N) is 3. The van der Waals surface area contributed by atoms with Gasteiger partial charge in [-0.25, -0.2) is 9.97 Å². The van der Waals surface area contributed by atoms with E-state index in [1.807, 2.05) is 17.5 Å². The average molecular weight is 374 g/mol. The Morgan fingerprint density at radius 3 is 3.00 bits per heavy atom. The number of pyridine rings is 1. The number of anilines is 1. The first kappa shape index (κ1) is 18.8. The Bertz CT molecular complexity index is 715. The third-order valence-corrected chi connectivity index (χ3v) is 5.58. The molecule has 6 nitrogen and oxygen atoms in total. The van der Waals surface area contributed by atoms with Gasteiger partial charge in [0.25, 0.3) is 5.91 Å². The third kappa shape index (κ3) is 5.25. The van der Waals surface area contributed by atoms with Crippen molar-refractivity contribution in [1.82, 2.24) is 20.2 Å². The first-order chi connectivity index (χ1) is 12.6. The van der Waals surface area contributed by atoms with E-state index in [1.165, 1.54) is 19.4 Å². The number of thiazole rings is 1. The van der Waals surface area contributed by atoms with Gasteiger partial charge < -0.3 is 15.5 Å². The number of rotatable bonds is 7. The summed E-state index contributed by atoms with van der Waals surface area (Å²) in [6, 6.07) is 3.69. The first-order valence-electron chi connectivity index (χ1n) is 9.24. The molecule has 0 saturated carbocycles. The van der Waals surface area contributed by atoms with Crippen molar-refractivity contribution in [3.63, 3.8) is 0 Å². The lowest BCUT2D eigenvalue weighted by Gasteiger charge is -2.29. The number of carbonyl (C=O) groups excluding carboxylic acids is 1. The van der Waals surface area contributed by atoms with Gasteiger partial charge in [-0.2, -0.15) is 0 Å². The molecular formula is C19H27N5OS. The number of aromatic nitrogens is 2. The Morgan fingerprint density at radius 1 is 1.42 bits per heavy atom. The highest BCUT2D eigenvalue weighted by Crippen LogP contribution is 2.16. The van der Waals surface area contributed by atoms with Gasteiger partial charge in [0.15, 0.2) is 0 Å². The molecule has 1 aliphatic rings. The molecule has 1 fully saturated rings. The number of aryl methyl sites for hydroxylation is 1. The number of nitrogens with one attached hydrogen (secondary N) is 2. The van der Waals surface area contributed by atoms with Crippen LogP contribution in [-0.4, -0.2) is 47.5 Å². The van der Waals surface area contributed by atoms with Crippen molar-refractivity contribution < 1.29 is 4.79 Å². The molecule has 2 N–H and O–H groups in total. The van der Waals surface area contributed by atoms with Gasteiger partial charge in [0.05, 0.1) is 17.8 Å². The molecule has 26 heavy (non-hydrogen) atoms. The molecule has 3 rings (SSSR count). The van der Waals surface area contributed by atoms with Gasteiger partial charge >= 0.3 is 0 Å². The average Bonchev–Trinajstić information content (AvgIpc) is 3.13. The van der Waals surface area contributed by atoms with E-state index < -0.39 is 0 Å². The molecule has 3 heterocycles. The van der Waals surface area contributed by atoms with E-state index >= 15 is 0 Å². The van der Waals surface area contributed by atoms with Crippen LogP contribution in [0.5, 0.6) is 0 Å². The molecule has 0 spiro atoms. The van der Waals surface area contributed by atoms with E-state index in [2.05, 4.69) is 39.5 Å². The summed E-state index contributed by atoms with van der Waals surface area (Å²) in [6.45, 7) is 5.78. The summed E-state index contributed by atoms with van der Waals surface area (Å²) in [6.07, 6.45) is 5.06. The molecule has 1 amide bonds. The number of likely N-dealkylation sites (tertiary alicyclic amines) is 1. The van der Waals surface area contributed by atoms with E-state index in [0.717, 1.165) is 36.0 Å². The van der Waals surface area contributed by atoms with Crippen LogP contribution in [-0.2, 0) is 13.0 Å². The number of carbonyl (C=O) groups is 1. The van der Waals surface area contributed by atoms with Crippen LogP contribution in [0.25, 0.3) is 0 Å². The van der Waals surface area contributed by atoms with Crippen molar-refractivity contribution >= 4 is 23.1 Å². The molecule has 1 saturated heterocycles. The highest BCUT2D eigenvalue weighted by molar-refractivity contribution is 7.09. The van der Waals surface area contributed by atoms with Crippen LogP contribution >= 0.6 is 11.3 Å². The zero-order chi connectivity index (χ0) is 18.4. The molecule has 140 valence electrons. The van der Waals surface area contributed by atoms with Gasteiger partial charge in [-0.05, 0) is 50.9 Å². The quantitative estimate of drug-likeness (QED) is 0.781. The summed E-state index contributed by atoms with van der Waals surface area (Å²) in [4.78, 5) is 23.5. The van der Waals surface area contributed by atoms with Gasteiger partial charge in [0, 0.05) is 24.7 Å². The molecule has 1 unspecified atom stereocenters. The lowest BCUT2D eigenvalue weighted by atomic mass is 9.98. The Morgan fingerprint density at radius 2 is 2.31 bits per heavy atom. The van der Waals surface area contributed by atoms with E-state index in [4.69, 9.17) is 0 Å². The lowest BCUT2D eigenvalue weighted by Crippen LogP contribution is -2.35. The normalized spacial score (nSPS) is 17.8. The third-order valence-electron chi connectivity index (χ3n) is 4.68. The molecule has 0 radical (unpaired) electrons. The number of hydrogen-bond donors (Lipinski definition) is 2. The second-order valence-electron chi connectivity index (χ2n) is 6.85. The molecule has 2 aromatic heterocycles. The minimum atomic E-state index is -0.119. The Kier molecular flexibility index (Phi) is 6.57. The van der Waals surface area contributed by atoms with E-state index in [0.29, 0.717) is 18.0 Å². The summed E-state index contributed by atoms with van der Waals surface area (Å²) in [5.74, 6) is 1.36. The van der Waals surface area contributed by atoms with Gasteiger partial charge in [-0.3, -0.25) is 4.79 Å². The van der Waals surface area contributed by atoms with E-state index in [-0.39, 0.29) is 5.91 Å². The smallest absolute Gasteiger partial charge is 0.253 e. The monoisotopic (exact) mass is 373 g/mol. The Balaban J connectivity index is 1.46. The highest BCUT2D eigenvalue weighted by Gasteiger charge is 2.17. The fourth-order valence-electron chi connectivity index (χ4n) is 3.17. The summed E-state index contributed by atoms with van der Waals surface area (Å²) < 4.78 is 0. The summed E-state index contributed by atoms with van der Waals surface area (Å²) in [7, 11) is 2.17. The van der Waals surface area contributed by atoms with E-state index in [9.17, 15) is 4.79 Å². The van der Waals surface area contributed by atoms with Crippen molar-refractivity contribution in [2.24, 2.45) is 5.92 Å². The zero-order valence-corrected chi connectivity index (χ0v) is 16.3. The largest absolute Gasteiger partial charge is 0.370 e. The van der Waals surface area contributed by atoms with Crippen molar-refractivity contribution in [3.8, 4) is 0 Å². The van der Waals surface area contributed by atoms with Crippen LogP contribution in [0.4, 0.5) is 5.82 Å². The topological polar surface area (TPSA) is 70.2 Å². The SMILES string of the molecule is CCc1csc(CNC(=O)c2ccc(NCC3CCCN(C)C3)nc2)n1. The van der Waals surface area contributed by atoms with Crippen molar-refractivity contribution in [2.75, 3.05) is 32.0 Å². The summed E-state index contributed by atoms with van der Waals surface area (Å²) in [5, 5.41) is 9.26. The number of piperidine rings is 1.